The van der Waals surface area contributed by atoms with Crippen molar-refractivity contribution in [3.05, 3.63) is 12.7 Å². The van der Waals surface area contributed by atoms with Crippen LogP contribution in [0.3, 0.4) is 0 Å². The predicted octanol–water partition coefficient (Wildman–Crippen LogP) is 2.58. The molecule has 1 heterocycles. The molecule has 138 valence electrons. The van der Waals surface area contributed by atoms with E-state index in [1.54, 1.807) is 19.0 Å². The van der Waals surface area contributed by atoms with Crippen molar-refractivity contribution in [2.45, 2.75) is 36.9 Å². The van der Waals surface area contributed by atoms with Crippen molar-refractivity contribution in [3.8, 4) is 0 Å². The van der Waals surface area contributed by atoms with E-state index in [2.05, 4.69) is 33.5 Å². The lowest BCUT2D eigenvalue weighted by Crippen LogP contribution is -2.53. The van der Waals surface area contributed by atoms with Gasteiger partial charge in [-0.2, -0.15) is 11.8 Å². The van der Waals surface area contributed by atoms with E-state index < -0.39 is 0 Å². The molecule has 1 amide bonds. The van der Waals surface area contributed by atoms with E-state index in [4.69, 9.17) is 0 Å². The molecule has 0 atom stereocenters. The van der Waals surface area contributed by atoms with Crippen LogP contribution in [0.5, 0.6) is 0 Å². The second-order valence-corrected chi connectivity index (χ2v) is 8.17. The smallest absolute Gasteiger partial charge is 0.243 e. The van der Waals surface area contributed by atoms with Crippen molar-refractivity contribution in [3.63, 3.8) is 0 Å². The van der Waals surface area contributed by atoms with E-state index in [-0.39, 0.29) is 36.4 Å². The summed E-state index contributed by atoms with van der Waals surface area (Å²) < 4.78 is 0.388. The molecule has 1 aliphatic heterocycles. The van der Waals surface area contributed by atoms with Gasteiger partial charge in [-0.05, 0) is 12.8 Å². The molecule has 0 aromatic carbocycles. The van der Waals surface area contributed by atoms with Crippen LogP contribution in [-0.2, 0) is 4.79 Å². The molecule has 0 aromatic heterocycles. The number of nitrogens with zero attached hydrogens (tertiary/aromatic N) is 3. The summed E-state index contributed by atoms with van der Waals surface area (Å²) in [5.41, 5.74) is 0. The number of nitrogens with one attached hydrogen (secondary N) is 1. The summed E-state index contributed by atoms with van der Waals surface area (Å²) in [5, 5.41) is 3.33. The van der Waals surface area contributed by atoms with Crippen LogP contribution in [-0.4, -0.2) is 72.4 Å². The second kappa shape index (κ2) is 10.5. The Kier molecular flexibility index (Phi) is 9.48. The van der Waals surface area contributed by atoms with E-state index in [9.17, 15) is 4.79 Å². The van der Waals surface area contributed by atoms with Crippen LogP contribution in [0.2, 0.25) is 0 Å². The first-order valence-corrected chi connectivity index (χ1v) is 9.53. The van der Waals surface area contributed by atoms with Gasteiger partial charge in [0.2, 0.25) is 5.91 Å². The number of hydrogen-bond donors (Lipinski definition) is 1. The molecule has 2 fully saturated rings. The van der Waals surface area contributed by atoms with Crippen molar-refractivity contribution in [2.24, 2.45) is 4.99 Å². The van der Waals surface area contributed by atoms with Crippen molar-refractivity contribution >= 4 is 47.6 Å². The molecular formula is C17H31IN4OS. The van der Waals surface area contributed by atoms with Gasteiger partial charge in [0, 0.05) is 44.2 Å². The first kappa shape index (κ1) is 21.6. The maximum Gasteiger partial charge on any atom is 0.243 e. The number of rotatable bonds is 4. The number of thioether (sulfide) groups is 1. The molecule has 1 N–H and O–H groups in total. The second-order valence-electron chi connectivity index (χ2n) is 6.61. The third-order valence-corrected chi connectivity index (χ3v) is 6.12. The van der Waals surface area contributed by atoms with Crippen molar-refractivity contribution in [1.29, 1.82) is 0 Å². The summed E-state index contributed by atoms with van der Waals surface area (Å²) in [6.45, 7) is 6.67. The minimum atomic E-state index is 0. The van der Waals surface area contributed by atoms with Gasteiger partial charge in [-0.1, -0.05) is 25.3 Å². The SMILES string of the molecule is C=CCNC(=NCC(=O)N(C)C)N1CCSC2(CCCCC2)C1.I. The van der Waals surface area contributed by atoms with Crippen molar-refractivity contribution in [2.75, 3.05) is 46.0 Å². The number of amides is 1. The minimum absolute atomic E-state index is 0. The molecular weight excluding hydrogens is 435 g/mol. The number of hydrogen-bond acceptors (Lipinski definition) is 3. The van der Waals surface area contributed by atoms with Crippen LogP contribution < -0.4 is 5.32 Å². The topological polar surface area (TPSA) is 47.9 Å². The lowest BCUT2D eigenvalue weighted by atomic mass is 9.87. The number of aliphatic imine (C=N–C) groups is 1. The molecule has 1 aliphatic carbocycles. The number of carbonyl (C=O) groups excluding carboxylic acids is 1. The first-order valence-electron chi connectivity index (χ1n) is 8.55. The standard InChI is InChI=1S/C17H30N4OS.HI/c1-4-10-18-16(19-13-15(22)20(2)3)21-11-12-23-17(14-21)8-6-5-7-9-17;/h4H,1,5-14H2,2-3H3,(H,18,19);1H. The Bertz CT molecular complexity index is 444. The zero-order valence-corrected chi connectivity index (χ0v) is 18.1. The van der Waals surface area contributed by atoms with Crippen molar-refractivity contribution in [1.82, 2.24) is 15.1 Å². The summed E-state index contributed by atoms with van der Waals surface area (Å²) in [6, 6.07) is 0. The van der Waals surface area contributed by atoms with Gasteiger partial charge in [-0.25, -0.2) is 4.99 Å². The Morgan fingerprint density at radius 1 is 1.38 bits per heavy atom. The third-order valence-electron chi connectivity index (χ3n) is 4.58. The maximum absolute atomic E-state index is 11.8. The summed E-state index contributed by atoms with van der Waals surface area (Å²) in [4.78, 5) is 20.3. The molecule has 0 radical (unpaired) electrons. The predicted molar refractivity (Wildman–Crippen MR) is 114 cm³/mol. The molecule has 2 aliphatic rings. The minimum Gasteiger partial charge on any atom is -0.353 e. The molecule has 1 saturated carbocycles. The normalized spacial score (nSPS) is 20.2. The number of halogens is 1. The summed E-state index contributed by atoms with van der Waals surface area (Å²) in [6.07, 6.45) is 8.49. The Balaban J connectivity index is 0.00000288. The van der Waals surface area contributed by atoms with Crippen LogP contribution in [0.1, 0.15) is 32.1 Å². The highest BCUT2D eigenvalue weighted by Crippen LogP contribution is 2.42. The highest BCUT2D eigenvalue weighted by molar-refractivity contribution is 14.0. The summed E-state index contributed by atoms with van der Waals surface area (Å²) in [7, 11) is 3.53. The summed E-state index contributed by atoms with van der Waals surface area (Å²) >= 11 is 2.14. The van der Waals surface area contributed by atoms with Gasteiger partial charge in [0.15, 0.2) is 5.96 Å². The Labute approximate surface area is 167 Å². The number of guanidine groups is 1. The zero-order chi connectivity index (χ0) is 16.7. The van der Waals surface area contributed by atoms with Gasteiger partial charge in [-0.15, -0.1) is 30.6 Å². The van der Waals surface area contributed by atoms with Gasteiger partial charge in [0.05, 0.1) is 0 Å². The first-order chi connectivity index (χ1) is 11.1. The van der Waals surface area contributed by atoms with Crippen LogP contribution in [0, 0.1) is 0 Å². The molecule has 0 aromatic rings. The molecule has 24 heavy (non-hydrogen) atoms. The molecule has 0 bridgehead atoms. The number of carbonyl (C=O) groups is 1. The van der Waals surface area contributed by atoms with Gasteiger partial charge >= 0.3 is 0 Å². The van der Waals surface area contributed by atoms with E-state index >= 15 is 0 Å². The average molecular weight is 466 g/mol. The van der Waals surface area contributed by atoms with Gasteiger partial charge in [0.25, 0.3) is 0 Å². The van der Waals surface area contributed by atoms with E-state index in [1.807, 2.05) is 6.08 Å². The molecule has 7 heteroatoms. The quantitative estimate of drug-likeness (QED) is 0.300. The Hall–Kier alpha value is -0.440. The largest absolute Gasteiger partial charge is 0.353 e. The third kappa shape index (κ3) is 6.13. The molecule has 2 rings (SSSR count). The van der Waals surface area contributed by atoms with Crippen LogP contribution >= 0.6 is 35.7 Å². The Morgan fingerprint density at radius 3 is 2.71 bits per heavy atom. The molecule has 1 spiro atoms. The van der Waals surface area contributed by atoms with E-state index in [0.29, 0.717) is 11.3 Å². The average Bonchev–Trinajstić information content (AvgIpc) is 2.55. The monoisotopic (exact) mass is 466 g/mol. The van der Waals surface area contributed by atoms with Gasteiger partial charge < -0.3 is 15.1 Å². The fourth-order valence-electron chi connectivity index (χ4n) is 3.24. The van der Waals surface area contributed by atoms with Crippen LogP contribution in [0.4, 0.5) is 0 Å². The molecule has 0 unspecified atom stereocenters. The maximum atomic E-state index is 11.8. The molecule has 1 saturated heterocycles. The zero-order valence-electron chi connectivity index (χ0n) is 14.9. The van der Waals surface area contributed by atoms with E-state index in [0.717, 1.165) is 24.8 Å². The highest BCUT2D eigenvalue weighted by Gasteiger charge is 2.38. The van der Waals surface area contributed by atoms with Crippen LogP contribution in [0.15, 0.2) is 17.6 Å². The van der Waals surface area contributed by atoms with Crippen LogP contribution in [0.25, 0.3) is 0 Å². The van der Waals surface area contributed by atoms with Gasteiger partial charge in [-0.3, -0.25) is 4.79 Å². The lowest BCUT2D eigenvalue weighted by molar-refractivity contribution is -0.127. The number of likely N-dealkylation sites (N-methyl/N-ethyl adjacent to an activating group) is 1. The van der Waals surface area contributed by atoms with Crippen molar-refractivity contribution < 1.29 is 4.79 Å². The molecule has 5 nitrogen and oxygen atoms in total. The Morgan fingerprint density at radius 2 is 2.08 bits per heavy atom. The fraction of sp³-hybridized carbons (Fsp3) is 0.765. The highest BCUT2D eigenvalue weighted by atomic mass is 127. The fourth-order valence-corrected chi connectivity index (χ4v) is 4.81. The lowest BCUT2D eigenvalue weighted by Gasteiger charge is -2.45. The summed E-state index contributed by atoms with van der Waals surface area (Å²) in [5.74, 6) is 2.02. The van der Waals surface area contributed by atoms with Gasteiger partial charge in [0.1, 0.15) is 6.54 Å². The van der Waals surface area contributed by atoms with E-state index in [1.165, 1.54) is 32.1 Å².